The number of fused-ring (bicyclic) bond motifs is 1. The zero-order valence-corrected chi connectivity index (χ0v) is 23.0. The van der Waals surface area contributed by atoms with Gasteiger partial charge in [0, 0.05) is 42.5 Å². The molecular weight excluding hydrogens is 505 g/mol. The summed E-state index contributed by atoms with van der Waals surface area (Å²) in [6, 6.07) is 9.36. The number of nitrogens with zero attached hydrogens (tertiary/aromatic N) is 2. The van der Waals surface area contributed by atoms with Crippen LogP contribution in [0.4, 0.5) is 25.4 Å². The van der Waals surface area contributed by atoms with Gasteiger partial charge < -0.3 is 35.6 Å². The molecule has 0 radical (unpaired) electrons. The predicted molar refractivity (Wildman–Crippen MR) is 147 cm³/mol. The molecule has 2 aromatic rings. The summed E-state index contributed by atoms with van der Waals surface area (Å²) in [6.07, 6.45) is -0.489. The number of halogens is 1. The molecule has 0 aromatic heterocycles. The van der Waals surface area contributed by atoms with Gasteiger partial charge >= 0.3 is 12.1 Å². The number of amides is 5. The fourth-order valence-corrected chi connectivity index (χ4v) is 4.26. The Morgan fingerprint density at radius 3 is 2.44 bits per heavy atom. The molecule has 1 heterocycles. The maximum Gasteiger partial charge on any atom is 0.321 e. The van der Waals surface area contributed by atoms with Gasteiger partial charge in [-0.1, -0.05) is 6.92 Å². The molecule has 39 heavy (non-hydrogen) atoms. The number of likely N-dealkylation sites (N-methyl/N-ethyl adjacent to an activating group) is 1. The molecule has 212 valence electrons. The number of benzene rings is 2. The number of rotatable bonds is 7. The van der Waals surface area contributed by atoms with Gasteiger partial charge in [-0.05, 0) is 63.2 Å². The van der Waals surface area contributed by atoms with Crippen molar-refractivity contribution in [3.63, 3.8) is 0 Å². The summed E-state index contributed by atoms with van der Waals surface area (Å²) < 4.78 is 19.6. The summed E-state index contributed by atoms with van der Waals surface area (Å²) in [6.45, 7) is 7.71. The first-order valence-electron chi connectivity index (χ1n) is 13.0. The molecule has 0 saturated heterocycles. The molecule has 1 aliphatic heterocycles. The third-order valence-corrected chi connectivity index (χ3v) is 6.49. The highest BCUT2D eigenvalue weighted by atomic mass is 19.1. The summed E-state index contributed by atoms with van der Waals surface area (Å²) in [5.41, 5.74) is 1.54. The quantitative estimate of drug-likeness (QED) is 0.424. The molecule has 3 rings (SSSR count). The van der Waals surface area contributed by atoms with Crippen LogP contribution in [0.5, 0.6) is 5.75 Å². The van der Waals surface area contributed by atoms with E-state index in [2.05, 4.69) is 16.0 Å². The van der Waals surface area contributed by atoms with Gasteiger partial charge in [0.05, 0.1) is 25.6 Å². The summed E-state index contributed by atoms with van der Waals surface area (Å²) >= 11 is 0. The summed E-state index contributed by atoms with van der Waals surface area (Å²) in [5.74, 6) is -0.312. The number of urea groups is 2. The predicted octanol–water partition coefficient (Wildman–Crippen LogP) is 3.67. The molecule has 1 aliphatic rings. The number of hydrogen-bond donors (Lipinski definition) is 4. The largest absolute Gasteiger partial charge is 0.488 e. The van der Waals surface area contributed by atoms with Crippen molar-refractivity contribution in [1.29, 1.82) is 0 Å². The first-order chi connectivity index (χ1) is 18.5. The van der Waals surface area contributed by atoms with Crippen molar-refractivity contribution in [2.24, 2.45) is 5.92 Å². The van der Waals surface area contributed by atoms with Crippen molar-refractivity contribution in [3.8, 4) is 5.75 Å². The van der Waals surface area contributed by atoms with Gasteiger partial charge in [-0.25, -0.2) is 14.0 Å². The van der Waals surface area contributed by atoms with Crippen LogP contribution < -0.4 is 20.7 Å². The Kier molecular flexibility index (Phi) is 10.1. The van der Waals surface area contributed by atoms with E-state index in [9.17, 15) is 23.9 Å². The summed E-state index contributed by atoms with van der Waals surface area (Å²) in [5, 5.41) is 18.1. The third kappa shape index (κ3) is 8.31. The van der Waals surface area contributed by atoms with Crippen LogP contribution in [-0.4, -0.2) is 77.8 Å². The van der Waals surface area contributed by atoms with Crippen molar-refractivity contribution >= 4 is 29.3 Å². The van der Waals surface area contributed by atoms with E-state index in [1.165, 1.54) is 29.2 Å². The molecule has 3 atom stereocenters. The van der Waals surface area contributed by atoms with Crippen molar-refractivity contribution in [2.75, 3.05) is 37.4 Å². The first kappa shape index (κ1) is 29.7. The number of carbonyl (C=O) groups is 3. The maximum atomic E-state index is 13.3. The molecule has 4 N–H and O–H groups in total. The summed E-state index contributed by atoms with van der Waals surface area (Å²) in [4.78, 5) is 41.5. The Hall–Kier alpha value is -3.86. The van der Waals surface area contributed by atoms with E-state index < -0.39 is 24.0 Å². The van der Waals surface area contributed by atoms with Gasteiger partial charge in [-0.15, -0.1) is 0 Å². The smallest absolute Gasteiger partial charge is 0.321 e. The fourth-order valence-electron chi connectivity index (χ4n) is 4.26. The minimum Gasteiger partial charge on any atom is -0.488 e. The van der Waals surface area contributed by atoms with Crippen LogP contribution in [0.3, 0.4) is 0 Å². The fraction of sp³-hybridized carbons (Fsp3) is 0.464. The van der Waals surface area contributed by atoms with Gasteiger partial charge in [0.2, 0.25) is 5.91 Å². The average molecular weight is 544 g/mol. The number of anilines is 2. The van der Waals surface area contributed by atoms with E-state index >= 15 is 0 Å². The van der Waals surface area contributed by atoms with E-state index in [1.54, 1.807) is 37.1 Å². The standard InChI is InChI=1S/C28H38FN5O5/c1-17(2)30-27(37)31-23-10-11-24-20(12-23)13-26(36)34(19(4)16-35)14-18(3)25(39-24)15-33(5)28(38)32-22-8-6-21(29)7-9-22/h6-12,17-19,25,35H,13-16H2,1-5H3,(H,32,38)(H2,30,31,37)/t18-,19+,25-/m1/s1. The lowest BCUT2D eigenvalue weighted by Crippen LogP contribution is -2.48. The van der Waals surface area contributed by atoms with Crippen LogP contribution in [0.1, 0.15) is 33.3 Å². The molecule has 5 amide bonds. The van der Waals surface area contributed by atoms with Crippen LogP contribution in [0.2, 0.25) is 0 Å². The van der Waals surface area contributed by atoms with Gasteiger partial charge in [0.25, 0.3) is 0 Å². The summed E-state index contributed by atoms with van der Waals surface area (Å²) in [7, 11) is 1.63. The molecule has 0 fully saturated rings. The zero-order chi connectivity index (χ0) is 28.7. The molecule has 0 spiro atoms. The number of ether oxygens (including phenoxy) is 1. The number of nitrogens with one attached hydrogen (secondary N) is 3. The first-order valence-corrected chi connectivity index (χ1v) is 13.0. The van der Waals surface area contributed by atoms with Crippen molar-refractivity contribution in [3.05, 3.63) is 53.8 Å². The average Bonchev–Trinajstić information content (AvgIpc) is 2.92. The number of carbonyl (C=O) groups excluding carboxylic acids is 3. The third-order valence-electron chi connectivity index (χ3n) is 6.49. The topological polar surface area (TPSA) is 123 Å². The maximum absolute atomic E-state index is 13.3. The Balaban J connectivity index is 1.86. The number of aliphatic hydroxyl groups is 1. The second-order valence-corrected chi connectivity index (χ2v) is 10.3. The number of hydrogen-bond acceptors (Lipinski definition) is 5. The van der Waals surface area contributed by atoms with Crippen molar-refractivity contribution < 1.29 is 28.6 Å². The van der Waals surface area contributed by atoms with Crippen LogP contribution in [0.15, 0.2) is 42.5 Å². The molecule has 0 unspecified atom stereocenters. The normalized spacial score (nSPS) is 18.2. The van der Waals surface area contributed by atoms with Gasteiger partial charge in [-0.2, -0.15) is 0 Å². The van der Waals surface area contributed by atoms with E-state index in [4.69, 9.17) is 4.74 Å². The Morgan fingerprint density at radius 1 is 1.13 bits per heavy atom. The molecule has 0 bridgehead atoms. The highest BCUT2D eigenvalue weighted by Gasteiger charge is 2.32. The minimum atomic E-state index is -0.505. The SMILES string of the molecule is CC(C)NC(=O)Nc1ccc2c(c1)CC(=O)N([C@@H](C)CO)C[C@@H](C)[C@@H](CN(C)C(=O)Nc1ccc(F)cc1)O2. The van der Waals surface area contributed by atoms with E-state index in [0.717, 1.165) is 0 Å². The Bertz CT molecular complexity index is 1160. The molecule has 0 saturated carbocycles. The lowest BCUT2D eigenvalue weighted by molar-refractivity contribution is -0.134. The lowest BCUT2D eigenvalue weighted by atomic mass is 10.0. The highest BCUT2D eigenvalue weighted by molar-refractivity contribution is 5.90. The van der Waals surface area contributed by atoms with E-state index in [0.29, 0.717) is 29.2 Å². The molecule has 2 aromatic carbocycles. The molecule has 10 nitrogen and oxygen atoms in total. The highest BCUT2D eigenvalue weighted by Crippen LogP contribution is 2.29. The zero-order valence-electron chi connectivity index (χ0n) is 23.0. The van der Waals surface area contributed by atoms with Gasteiger partial charge in [0.15, 0.2) is 0 Å². The second kappa shape index (κ2) is 13.3. The Labute approximate surface area is 228 Å². The number of aliphatic hydroxyl groups excluding tert-OH is 1. The lowest BCUT2D eigenvalue weighted by Gasteiger charge is -2.34. The Morgan fingerprint density at radius 2 is 1.79 bits per heavy atom. The van der Waals surface area contributed by atoms with Crippen molar-refractivity contribution in [2.45, 2.75) is 52.3 Å². The monoisotopic (exact) mass is 543 g/mol. The minimum absolute atomic E-state index is 0.0152. The second-order valence-electron chi connectivity index (χ2n) is 10.3. The van der Waals surface area contributed by atoms with Gasteiger partial charge in [-0.3, -0.25) is 4.79 Å². The molecule has 11 heteroatoms. The molecule has 0 aliphatic carbocycles. The van der Waals surface area contributed by atoms with Crippen LogP contribution in [0.25, 0.3) is 0 Å². The van der Waals surface area contributed by atoms with Crippen LogP contribution in [0, 0.1) is 11.7 Å². The van der Waals surface area contributed by atoms with Gasteiger partial charge in [0.1, 0.15) is 17.7 Å². The van der Waals surface area contributed by atoms with E-state index in [-0.39, 0.29) is 43.5 Å². The van der Waals surface area contributed by atoms with Crippen LogP contribution >= 0.6 is 0 Å². The van der Waals surface area contributed by atoms with Crippen LogP contribution in [-0.2, 0) is 11.2 Å². The van der Waals surface area contributed by atoms with E-state index in [1.807, 2.05) is 20.8 Å². The van der Waals surface area contributed by atoms with Crippen molar-refractivity contribution in [1.82, 2.24) is 15.1 Å². The molecular formula is C28H38FN5O5.